The molecule has 10 nitrogen and oxygen atoms in total. The van der Waals surface area contributed by atoms with Crippen molar-refractivity contribution >= 4 is 29.6 Å². The molecular weight excluding hydrogens is 376 g/mol. The number of amides is 2. The number of nitrogens with one attached hydrogen (secondary N) is 4. The highest BCUT2D eigenvalue weighted by atomic mass is 16.4. The number of carboxylic acid groups (broad SMARTS) is 1. The van der Waals surface area contributed by atoms with Gasteiger partial charge in [-0.1, -0.05) is 18.2 Å². The maximum absolute atomic E-state index is 12.3. The maximum atomic E-state index is 12.3. The first-order valence-electron chi connectivity index (χ1n) is 8.75. The molecule has 0 aliphatic rings. The Morgan fingerprint density at radius 2 is 1.93 bits per heavy atom. The predicted molar refractivity (Wildman–Crippen MR) is 106 cm³/mol. The molecule has 10 heteroatoms. The molecule has 1 aromatic heterocycles. The Balaban J connectivity index is 1.91. The minimum atomic E-state index is -0.945. The molecule has 0 saturated carbocycles. The molecule has 2 aromatic rings. The molecule has 0 unspecified atom stereocenters. The summed E-state index contributed by atoms with van der Waals surface area (Å²) in [6.45, 7) is 0.0272. The van der Waals surface area contributed by atoms with Crippen molar-refractivity contribution in [1.29, 1.82) is 5.41 Å². The Bertz CT molecular complexity index is 915. The highest BCUT2D eigenvalue weighted by molar-refractivity contribution is 5.99. The summed E-state index contributed by atoms with van der Waals surface area (Å²) in [5, 5.41) is 23.7. The van der Waals surface area contributed by atoms with Gasteiger partial charge in [-0.2, -0.15) is 0 Å². The number of aromatic nitrogens is 1. The third kappa shape index (κ3) is 7.29. The number of guanidine groups is 1. The van der Waals surface area contributed by atoms with Gasteiger partial charge in [-0.25, -0.2) is 4.98 Å². The summed E-state index contributed by atoms with van der Waals surface area (Å²) < 4.78 is 0. The number of nitrogens with two attached hydrogens (primary N) is 1. The molecule has 1 heterocycles. The van der Waals surface area contributed by atoms with Gasteiger partial charge in [0.2, 0.25) is 5.91 Å². The normalized spacial score (nSPS) is 10.1. The average Bonchev–Trinajstić information content (AvgIpc) is 2.70. The van der Waals surface area contributed by atoms with Gasteiger partial charge in [-0.15, -0.1) is 0 Å². The standard InChI is InChI=1S/C19H22N6O4/c20-19(21)24-10-12-3-1-4-14(9-12)18(29)23-11-15(26)25-17-13(5-2-8-22-17)6-7-16(27)28/h1-5,8-9H,6-7,10-11H2,(H,23,29)(H,27,28)(H4,20,21,24)(H,22,25,26). The monoisotopic (exact) mass is 398 g/mol. The van der Waals surface area contributed by atoms with Crippen molar-refractivity contribution in [1.82, 2.24) is 15.6 Å². The number of carbonyl (C=O) groups is 3. The second-order valence-corrected chi connectivity index (χ2v) is 6.10. The zero-order valence-corrected chi connectivity index (χ0v) is 15.6. The SMILES string of the molecule is N=C(N)NCc1cccc(C(=O)NCC(=O)Nc2ncccc2CCC(=O)O)c1. The van der Waals surface area contributed by atoms with Gasteiger partial charge < -0.3 is 26.8 Å². The van der Waals surface area contributed by atoms with E-state index in [0.29, 0.717) is 17.7 Å². The van der Waals surface area contributed by atoms with Crippen LogP contribution < -0.4 is 21.7 Å². The molecule has 2 amide bonds. The van der Waals surface area contributed by atoms with Crippen molar-refractivity contribution in [2.75, 3.05) is 11.9 Å². The number of benzene rings is 1. The van der Waals surface area contributed by atoms with Crippen molar-refractivity contribution in [3.63, 3.8) is 0 Å². The average molecular weight is 398 g/mol. The molecule has 1 aromatic carbocycles. The molecule has 0 aliphatic carbocycles. The molecule has 29 heavy (non-hydrogen) atoms. The number of aliphatic carboxylic acids is 1. The summed E-state index contributed by atoms with van der Waals surface area (Å²) in [4.78, 5) is 39.2. The number of aryl methyl sites for hydroxylation is 1. The molecule has 0 fully saturated rings. The van der Waals surface area contributed by atoms with E-state index >= 15 is 0 Å². The van der Waals surface area contributed by atoms with Crippen molar-refractivity contribution in [3.8, 4) is 0 Å². The molecule has 0 atom stereocenters. The highest BCUT2D eigenvalue weighted by Crippen LogP contribution is 2.13. The van der Waals surface area contributed by atoms with E-state index < -0.39 is 17.8 Å². The number of anilines is 1. The Morgan fingerprint density at radius 3 is 2.66 bits per heavy atom. The number of nitrogens with zero attached hydrogens (tertiary/aromatic N) is 1. The van der Waals surface area contributed by atoms with E-state index in [1.165, 1.54) is 6.20 Å². The van der Waals surface area contributed by atoms with E-state index in [1.807, 2.05) is 0 Å². The fourth-order valence-corrected chi connectivity index (χ4v) is 2.45. The molecule has 7 N–H and O–H groups in total. The maximum Gasteiger partial charge on any atom is 0.303 e. The van der Waals surface area contributed by atoms with Gasteiger partial charge >= 0.3 is 5.97 Å². The Morgan fingerprint density at radius 1 is 1.14 bits per heavy atom. The number of carboxylic acids is 1. The fraction of sp³-hybridized carbons (Fsp3) is 0.211. The van der Waals surface area contributed by atoms with Gasteiger partial charge in [0, 0.05) is 24.7 Å². The molecule has 0 spiro atoms. The molecular formula is C19H22N6O4. The lowest BCUT2D eigenvalue weighted by molar-refractivity contribution is -0.137. The van der Waals surface area contributed by atoms with Crippen molar-refractivity contribution in [2.45, 2.75) is 19.4 Å². The Labute approximate surface area is 167 Å². The third-order valence-electron chi connectivity index (χ3n) is 3.84. The largest absolute Gasteiger partial charge is 0.481 e. The second-order valence-electron chi connectivity index (χ2n) is 6.10. The smallest absolute Gasteiger partial charge is 0.303 e. The van der Waals surface area contributed by atoms with E-state index in [4.69, 9.17) is 16.2 Å². The number of rotatable bonds is 9. The summed E-state index contributed by atoms with van der Waals surface area (Å²) in [5.41, 5.74) is 6.96. The molecule has 0 bridgehead atoms. The second kappa shape index (κ2) is 10.4. The van der Waals surface area contributed by atoms with E-state index in [9.17, 15) is 14.4 Å². The van der Waals surface area contributed by atoms with Crippen LogP contribution in [0.3, 0.4) is 0 Å². The van der Waals surface area contributed by atoms with Crippen LogP contribution in [0.25, 0.3) is 0 Å². The predicted octanol–water partition coefficient (Wildman–Crippen LogP) is 0.450. The van der Waals surface area contributed by atoms with Crippen LogP contribution in [0.4, 0.5) is 5.82 Å². The van der Waals surface area contributed by atoms with Crippen LogP contribution in [0.2, 0.25) is 0 Å². The summed E-state index contributed by atoms with van der Waals surface area (Å²) in [6, 6.07) is 10.0. The van der Waals surface area contributed by atoms with Crippen molar-refractivity contribution in [3.05, 3.63) is 59.3 Å². The Hall–Kier alpha value is -3.95. The summed E-state index contributed by atoms with van der Waals surface area (Å²) in [6.07, 6.45) is 1.63. The molecule has 0 aliphatic heterocycles. The topological polar surface area (TPSA) is 170 Å². The molecule has 2 rings (SSSR count). The highest BCUT2D eigenvalue weighted by Gasteiger charge is 2.12. The first kappa shape index (κ1) is 21.4. The lowest BCUT2D eigenvalue weighted by Gasteiger charge is -2.10. The summed E-state index contributed by atoms with van der Waals surface area (Å²) >= 11 is 0. The number of pyridine rings is 1. The first-order valence-corrected chi connectivity index (χ1v) is 8.75. The third-order valence-corrected chi connectivity index (χ3v) is 3.84. The number of hydrogen-bond acceptors (Lipinski definition) is 5. The van der Waals surface area contributed by atoms with Crippen LogP contribution in [-0.2, 0) is 22.6 Å². The minimum Gasteiger partial charge on any atom is -0.481 e. The minimum absolute atomic E-state index is 0.0832. The van der Waals surface area contributed by atoms with Gasteiger partial charge in [0.15, 0.2) is 5.96 Å². The van der Waals surface area contributed by atoms with Crippen LogP contribution in [0.5, 0.6) is 0 Å². The quantitative estimate of drug-likeness (QED) is 0.263. The number of hydrogen-bond donors (Lipinski definition) is 6. The van der Waals surface area contributed by atoms with Gasteiger partial charge in [-0.05, 0) is 35.7 Å². The fourth-order valence-electron chi connectivity index (χ4n) is 2.45. The van der Waals surface area contributed by atoms with Gasteiger partial charge in [0.05, 0.1) is 6.54 Å². The molecule has 152 valence electrons. The van der Waals surface area contributed by atoms with Gasteiger partial charge in [0.1, 0.15) is 5.82 Å². The van der Waals surface area contributed by atoms with Crippen LogP contribution in [0.15, 0.2) is 42.6 Å². The lowest BCUT2D eigenvalue weighted by Crippen LogP contribution is -2.33. The van der Waals surface area contributed by atoms with Crippen molar-refractivity contribution in [2.24, 2.45) is 5.73 Å². The van der Waals surface area contributed by atoms with Gasteiger partial charge in [-0.3, -0.25) is 19.8 Å². The van der Waals surface area contributed by atoms with E-state index in [-0.39, 0.29) is 31.2 Å². The molecule has 0 saturated heterocycles. The zero-order chi connectivity index (χ0) is 21.2. The summed E-state index contributed by atoms with van der Waals surface area (Å²) in [5.74, 6) is -1.77. The van der Waals surface area contributed by atoms with Crippen molar-refractivity contribution < 1.29 is 19.5 Å². The zero-order valence-electron chi connectivity index (χ0n) is 15.6. The number of carbonyl (C=O) groups excluding carboxylic acids is 2. The van der Waals surface area contributed by atoms with Crippen LogP contribution in [0, 0.1) is 5.41 Å². The van der Waals surface area contributed by atoms with Crippen LogP contribution >= 0.6 is 0 Å². The first-order chi connectivity index (χ1) is 13.8. The van der Waals surface area contributed by atoms with E-state index in [0.717, 1.165) is 5.56 Å². The Kier molecular flexibility index (Phi) is 7.66. The molecule has 0 radical (unpaired) electrons. The lowest BCUT2D eigenvalue weighted by atomic mass is 10.1. The van der Waals surface area contributed by atoms with Gasteiger partial charge in [0.25, 0.3) is 5.91 Å². The van der Waals surface area contributed by atoms with Crippen LogP contribution in [-0.4, -0.2) is 40.4 Å². The summed E-state index contributed by atoms with van der Waals surface area (Å²) in [7, 11) is 0. The van der Waals surface area contributed by atoms with E-state index in [2.05, 4.69) is 20.9 Å². The van der Waals surface area contributed by atoms with Crippen LogP contribution in [0.1, 0.15) is 27.9 Å². The van der Waals surface area contributed by atoms with E-state index in [1.54, 1.807) is 36.4 Å².